The molecule has 0 spiro atoms. The van der Waals surface area contributed by atoms with Crippen molar-refractivity contribution in [1.82, 2.24) is 4.90 Å². The Kier molecular flexibility index (Phi) is 5.30. The zero-order valence-corrected chi connectivity index (χ0v) is 18.0. The molecular formula is C23H24F3N3O3. The Balaban J connectivity index is 1.68. The number of carbonyl (C=O) groups is 2. The molecule has 2 heterocycles. The van der Waals surface area contributed by atoms with E-state index in [1.54, 1.807) is 32.9 Å². The molecule has 6 nitrogen and oxygen atoms in total. The first kappa shape index (κ1) is 22.0. The number of carbonyl (C=O) groups excluding carboxylic acids is 2. The number of nitrogens with zero attached hydrogens (tertiary/aromatic N) is 3. The van der Waals surface area contributed by atoms with Crippen molar-refractivity contribution in [2.75, 3.05) is 29.4 Å². The molecule has 1 unspecified atom stereocenters. The van der Waals surface area contributed by atoms with Crippen LogP contribution in [-0.4, -0.2) is 48.2 Å². The number of anilines is 3. The number of para-hydroxylation sites is 2. The monoisotopic (exact) mass is 447 g/mol. The third kappa shape index (κ3) is 4.11. The minimum Gasteiger partial charge on any atom is -0.444 e. The summed E-state index contributed by atoms with van der Waals surface area (Å²) in [5.74, 6) is -0.309. The van der Waals surface area contributed by atoms with E-state index in [9.17, 15) is 22.8 Å². The number of amides is 2. The molecule has 2 aliphatic rings. The van der Waals surface area contributed by atoms with Crippen molar-refractivity contribution < 1.29 is 27.5 Å². The largest absolute Gasteiger partial charge is 0.444 e. The van der Waals surface area contributed by atoms with Gasteiger partial charge < -0.3 is 14.5 Å². The zero-order valence-electron chi connectivity index (χ0n) is 18.0. The lowest BCUT2D eigenvalue weighted by Crippen LogP contribution is -2.63. The topological polar surface area (TPSA) is 53.1 Å². The summed E-state index contributed by atoms with van der Waals surface area (Å²) < 4.78 is 44.5. The molecule has 2 amide bonds. The van der Waals surface area contributed by atoms with Gasteiger partial charge in [0.2, 0.25) is 0 Å². The molecule has 0 N–H and O–H groups in total. The summed E-state index contributed by atoms with van der Waals surface area (Å²) in [7, 11) is 0. The predicted molar refractivity (Wildman–Crippen MR) is 114 cm³/mol. The summed E-state index contributed by atoms with van der Waals surface area (Å²) in [6.07, 6.45) is -4.96. The minimum absolute atomic E-state index is 0.124. The van der Waals surface area contributed by atoms with E-state index < -0.39 is 29.5 Å². The van der Waals surface area contributed by atoms with Crippen LogP contribution in [-0.2, 0) is 15.7 Å². The van der Waals surface area contributed by atoms with Gasteiger partial charge in [0, 0.05) is 18.8 Å². The Labute approximate surface area is 184 Å². The lowest BCUT2D eigenvalue weighted by molar-refractivity contribution is -0.137. The number of fused-ring (bicyclic) bond motifs is 3. The van der Waals surface area contributed by atoms with E-state index in [0.717, 1.165) is 17.8 Å². The number of hydrogen-bond acceptors (Lipinski definition) is 4. The van der Waals surface area contributed by atoms with E-state index in [0.29, 0.717) is 24.5 Å². The highest BCUT2D eigenvalue weighted by atomic mass is 19.4. The van der Waals surface area contributed by atoms with Crippen molar-refractivity contribution in [3.05, 3.63) is 54.1 Å². The van der Waals surface area contributed by atoms with Crippen molar-refractivity contribution in [2.45, 2.75) is 38.6 Å². The van der Waals surface area contributed by atoms with Crippen LogP contribution in [0.25, 0.3) is 0 Å². The maximum absolute atomic E-state index is 13.5. The van der Waals surface area contributed by atoms with Gasteiger partial charge in [0.1, 0.15) is 11.6 Å². The third-order valence-corrected chi connectivity index (χ3v) is 5.42. The molecule has 2 aromatic rings. The van der Waals surface area contributed by atoms with Crippen molar-refractivity contribution in [3.63, 3.8) is 0 Å². The lowest BCUT2D eigenvalue weighted by atomic mass is 10.0. The van der Waals surface area contributed by atoms with Crippen LogP contribution in [0.1, 0.15) is 26.3 Å². The maximum atomic E-state index is 13.5. The minimum atomic E-state index is -4.46. The highest BCUT2D eigenvalue weighted by molar-refractivity contribution is 6.11. The van der Waals surface area contributed by atoms with Crippen molar-refractivity contribution in [2.24, 2.45) is 0 Å². The van der Waals surface area contributed by atoms with E-state index >= 15 is 0 Å². The van der Waals surface area contributed by atoms with Crippen LogP contribution in [0.2, 0.25) is 0 Å². The summed E-state index contributed by atoms with van der Waals surface area (Å²) in [6.45, 7) is 6.28. The Morgan fingerprint density at radius 1 is 0.969 bits per heavy atom. The molecule has 32 heavy (non-hydrogen) atoms. The van der Waals surface area contributed by atoms with E-state index in [1.807, 2.05) is 17.0 Å². The van der Waals surface area contributed by atoms with Gasteiger partial charge >= 0.3 is 12.3 Å². The molecule has 0 saturated carbocycles. The number of alkyl halides is 3. The van der Waals surface area contributed by atoms with Gasteiger partial charge in [-0.1, -0.05) is 12.1 Å². The second-order valence-corrected chi connectivity index (χ2v) is 8.84. The second kappa shape index (κ2) is 7.72. The fourth-order valence-electron chi connectivity index (χ4n) is 4.00. The van der Waals surface area contributed by atoms with Crippen LogP contribution in [0.4, 0.5) is 35.0 Å². The molecule has 0 aromatic heterocycles. The fourth-order valence-corrected chi connectivity index (χ4v) is 4.00. The summed E-state index contributed by atoms with van der Waals surface area (Å²) in [6, 6.07) is 11.1. The fraction of sp³-hybridized carbons (Fsp3) is 0.391. The smallest absolute Gasteiger partial charge is 0.416 e. The van der Waals surface area contributed by atoms with Gasteiger partial charge in [0.25, 0.3) is 5.91 Å². The van der Waals surface area contributed by atoms with Crippen molar-refractivity contribution >= 4 is 29.1 Å². The molecule has 170 valence electrons. The van der Waals surface area contributed by atoms with Crippen LogP contribution >= 0.6 is 0 Å². The van der Waals surface area contributed by atoms with Gasteiger partial charge in [-0.3, -0.25) is 9.69 Å². The Morgan fingerprint density at radius 2 is 1.59 bits per heavy atom. The third-order valence-electron chi connectivity index (χ3n) is 5.42. The quantitative estimate of drug-likeness (QED) is 0.630. The average molecular weight is 447 g/mol. The zero-order chi connectivity index (χ0) is 23.3. The van der Waals surface area contributed by atoms with Gasteiger partial charge in [-0.05, 0) is 57.2 Å². The van der Waals surface area contributed by atoms with Crippen molar-refractivity contribution in [1.29, 1.82) is 0 Å². The average Bonchev–Trinajstić information content (AvgIpc) is 2.72. The highest BCUT2D eigenvalue weighted by Crippen LogP contribution is 2.42. The van der Waals surface area contributed by atoms with Gasteiger partial charge in [-0.15, -0.1) is 0 Å². The SMILES string of the molecule is CC(C)(C)OC(=O)N1CCN2c3ccccc3N(c3ccc(C(F)(F)F)cc3)C(=O)C2C1. The Bertz CT molecular complexity index is 1030. The molecule has 2 aliphatic heterocycles. The summed E-state index contributed by atoms with van der Waals surface area (Å²) >= 11 is 0. The van der Waals surface area contributed by atoms with Crippen LogP contribution in [0.15, 0.2) is 48.5 Å². The number of rotatable bonds is 1. The molecule has 1 saturated heterocycles. The van der Waals surface area contributed by atoms with Gasteiger partial charge in [0.15, 0.2) is 0 Å². The van der Waals surface area contributed by atoms with E-state index in [4.69, 9.17) is 4.74 Å². The molecule has 0 aliphatic carbocycles. The Hall–Kier alpha value is -3.23. The van der Waals surface area contributed by atoms with E-state index in [-0.39, 0.29) is 12.5 Å². The molecule has 1 fully saturated rings. The second-order valence-electron chi connectivity index (χ2n) is 8.84. The maximum Gasteiger partial charge on any atom is 0.416 e. The standard InChI is InChI=1S/C23H24F3N3O3/c1-22(2,3)32-21(31)27-12-13-28-17-6-4-5-7-18(17)29(20(30)19(28)14-27)16-10-8-15(9-11-16)23(24,25)26/h4-11,19H,12-14H2,1-3H3. The lowest BCUT2D eigenvalue weighted by Gasteiger charge is -2.47. The molecule has 0 bridgehead atoms. The molecular weight excluding hydrogens is 423 g/mol. The number of ether oxygens (including phenoxy) is 1. The number of benzene rings is 2. The normalized spacial score (nSPS) is 18.9. The van der Waals surface area contributed by atoms with E-state index in [1.165, 1.54) is 21.9 Å². The number of hydrogen-bond donors (Lipinski definition) is 0. The Morgan fingerprint density at radius 3 is 2.19 bits per heavy atom. The number of piperazine rings is 1. The number of halogens is 3. The predicted octanol–water partition coefficient (Wildman–Crippen LogP) is 4.81. The molecule has 0 radical (unpaired) electrons. The van der Waals surface area contributed by atoms with Crippen molar-refractivity contribution in [3.8, 4) is 0 Å². The summed E-state index contributed by atoms with van der Waals surface area (Å²) in [4.78, 5) is 31.0. The van der Waals surface area contributed by atoms with E-state index in [2.05, 4.69) is 0 Å². The molecule has 9 heteroatoms. The molecule has 2 aromatic carbocycles. The molecule has 4 rings (SSSR count). The van der Waals surface area contributed by atoms with Crippen LogP contribution in [0.3, 0.4) is 0 Å². The molecule has 1 atom stereocenters. The van der Waals surface area contributed by atoms with Crippen LogP contribution in [0.5, 0.6) is 0 Å². The van der Waals surface area contributed by atoms with Gasteiger partial charge in [-0.25, -0.2) is 4.79 Å². The van der Waals surface area contributed by atoms with Gasteiger partial charge in [0.05, 0.1) is 23.5 Å². The highest BCUT2D eigenvalue weighted by Gasteiger charge is 2.43. The van der Waals surface area contributed by atoms with Crippen LogP contribution < -0.4 is 9.80 Å². The summed E-state index contributed by atoms with van der Waals surface area (Å²) in [5.41, 5.74) is 0.280. The van der Waals surface area contributed by atoms with Gasteiger partial charge in [-0.2, -0.15) is 13.2 Å². The summed E-state index contributed by atoms with van der Waals surface area (Å²) in [5, 5.41) is 0. The first-order valence-electron chi connectivity index (χ1n) is 10.3. The first-order valence-corrected chi connectivity index (χ1v) is 10.3. The first-order chi connectivity index (χ1) is 15.0. The van der Waals surface area contributed by atoms with Crippen LogP contribution in [0, 0.1) is 0 Å².